The molecule has 0 aromatic heterocycles. The Balaban J connectivity index is 1.51. The van der Waals surface area contributed by atoms with Crippen molar-refractivity contribution in [2.75, 3.05) is 18.0 Å². The molecule has 37 heavy (non-hydrogen) atoms. The SMILES string of the molecule is CC(NC(=O)CCC(=O)N(Cc1ccccc1)c1ccccc1Oc1cccc(CN)c1)N1CCCC1. The molecule has 7 heteroatoms. The molecule has 0 saturated carbocycles. The summed E-state index contributed by atoms with van der Waals surface area (Å²) in [6.07, 6.45) is 2.52. The van der Waals surface area contributed by atoms with Crippen LogP contribution in [0.15, 0.2) is 78.9 Å². The standard InChI is InChI=1S/C30H36N4O3/c1-23(33-18-7-8-19-33)32-29(35)16-17-30(36)34(22-24-10-3-2-4-11-24)27-14-5-6-15-28(27)37-26-13-9-12-25(20-26)21-31/h2-6,9-15,20,23H,7-8,16-19,21-22,31H2,1H3,(H,32,35). The molecule has 2 amide bonds. The third-order valence-corrected chi connectivity index (χ3v) is 6.63. The van der Waals surface area contributed by atoms with E-state index in [4.69, 9.17) is 10.5 Å². The lowest BCUT2D eigenvalue weighted by atomic mass is 10.1. The van der Waals surface area contributed by atoms with Crippen LogP contribution in [0, 0.1) is 0 Å². The fourth-order valence-corrected chi connectivity index (χ4v) is 4.58. The number of likely N-dealkylation sites (tertiary alicyclic amines) is 1. The van der Waals surface area contributed by atoms with Crippen LogP contribution in [0.3, 0.4) is 0 Å². The Kier molecular flexibility index (Phi) is 9.29. The second-order valence-corrected chi connectivity index (χ2v) is 9.37. The fourth-order valence-electron chi connectivity index (χ4n) is 4.58. The third kappa shape index (κ3) is 7.41. The predicted molar refractivity (Wildman–Crippen MR) is 146 cm³/mol. The summed E-state index contributed by atoms with van der Waals surface area (Å²) in [6, 6.07) is 24.9. The molecule has 1 heterocycles. The van der Waals surface area contributed by atoms with Gasteiger partial charge in [0, 0.05) is 32.5 Å². The summed E-state index contributed by atoms with van der Waals surface area (Å²) < 4.78 is 6.22. The number of carbonyl (C=O) groups is 2. The number of para-hydroxylation sites is 2. The average Bonchev–Trinajstić information content (AvgIpc) is 3.47. The molecular weight excluding hydrogens is 464 g/mol. The van der Waals surface area contributed by atoms with Crippen molar-refractivity contribution in [1.82, 2.24) is 10.2 Å². The highest BCUT2D eigenvalue weighted by atomic mass is 16.5. The molecule has 3 aromatic carbocycles. The number of ether oxygens (including phenoxy) is 1. The van der Waals surface area contributed by atoms with Crippen molar-refractivity contribution in [1.29, 1.82) is 0 Å². The molecule has 3 aromatic rings. The van der Waals surface area contributed by atoms with E-state index in [0.717, 1.165) is 37.1 Å². The highest BCUT2D eigenvalue weighted by Crippen LogP contribution is 2.34. The van der Waals surface area contributed by atoms with Gasteiger partial charge in [-0.2, -0.15) is 0 Å². The second kappa shape index (κ2) is 13.0. The summed E-state index contributed by atoms with van der Waals surface area (Å²) in [4.78, 5) is 30.2. The van der Waals surface area contributed by atoms with Gasteiger partial charge in [0.1, 0.15) is 5.75 Å². The van der Waals surface area contributed by atoms with E-state index >= 15 is 0 Å². The Morgan fingerprint density at radius 1 is 0.946 bits per heavy atom. The van der Waals surface area contributed by atoms with E-state index in [2.05, 4.69) is 10.2 Å². The molecule has 1 aliphatic rings. The number of anilines is 1. The van der Waals surface area contributed by atoms with Crippen LogP contribution in [0.2, 0.25) is 0 Å². The molecule has 1 saturated heterocycles. The van der Waals surface area contributed by atoms with E-state index in [9.17, 15) is 9.59 Å². The Bertz CT molecular complexity index is 1180. The first-order valence-electron chi connectivity index (χ1n) is 13.0. The number of carbonyl (C=O) groups excluding carboxylic acids is 2. The van der Waals surface area contributed by atoms with Crippen LogP contribution in [0.4, 0.5) is 5.69 Å². The van der Waals surface area contributed by atoms with Gasteiger partial charge in [0.05, 0.1) is 18.4 Å². The molecule has 1 fully saturated rings. The molecule has 194 valence electrons. The molecule has 7 nitrogen and oxygen atoms in total. The quantitative estimate of drug-likeness (QED) is 0.395. The normalized spacial score (nSPS) is 14.2. The van der Waals surface area contributed by atoms with Gasteiger partial charge in [0.25, 0.3) is 0 Å². The molecule has 1 aliphatic heterocycles. The zero-order valence-corrected chi connectivity index (χ0v) is 21.4. The maximum absolute atomic E-state index is 13.6. The van der Waals surface area contributed by atoms with Crippen LogP contribution in [0.25, 0.3) is 0 Å². The molecular formula is C30H36N4O3. The summed E-state index contributed by atoms with van der Waals surface area (Å²) in [5.41, 5.74) is 8.40. The number of rotatable bonds is 11. The number of hydrogen-bond acceptors (Lipinski definition) is 5. The first-order chi connectivity index (χ1) is 18.0. The summed E-state index contributed by atoms with van der Waals surface area (Å²) in [6.45, 7) is 4.77. The molecule has 1 unspecified atom stereocenters. The van der Waals surface area contributed by atoms with Crippen molar-refractivity contribution in [3.8, 4) is 11.5 Å². The van der Waals surface area contributed by atoms with Gasteiger partial charge in [-0.3, -0.25) is 14.5 Å². The number of amides is 2. The van der Waals surface area contributed by atoms with Crippen LogP contribution < -0.4 is 20.7 Å². The molecule has 3 N–H and O–H groups in total. The Labute approximate surface area is 219 Å². The number of nitrogens with two attached hydrogens (primary N) is 1. The van der Waals surface area contributed by atoms with E-state index in [-0.39, 0.29) is 30.8 Å². The number of nitrogens with zero attached hydrogens (tertiary/aromatic N) is 2. The summed E-state index contributed by atoms with van der Waals surface area (Å²) in [5, 5.41) is 3.04. The predicted octanol–water partition coefficient (Wildman–Crippen LogP) is 4.81. The first kappa shape index (κ1) is 26.4. The zero-order valence-electron chi connectivity index (χ0n) is 21.4. The number of nitrogens with one attached hydrogen (secondary N) is 1. The average molecular weight is 501 g/mol. The fraction of sp³-hybridized carbons (Fsp3) is 0.333. The van der Waals surface area contributed by atoms with Gasteiger partial charge >= 0.3 is 0 Å². The number of benzene rings is 3. The summed E-state index contributed by atoms with van der Waals surface area (Å²) in [7, 11) is 0. The minimum atomic E-state index is -0.139. The van der Waals surface area contributed by atoms with Gasteiger partial charge < -0.3 is 20.7 Å². The maximum atomic E-state index is 13.6. The van der Waals surface area contributed by atoms with Gasteiger partial charge in [-0.05, 0) is 55.2 Å². The molecule has 0 aliphatic carbocycles. The summed E-state index contributed by atoms with van der Waals surface area (Å²) in [5.74, 6) is 0.959. The molecule has 0 spiro atoms. The van der Waals surface area contributed by atoms with Gasteiger partial charge in [0.2, 0.25) is 11.8 Å². The maximum Gasteiger partial charge on any atom is 0.227 e. The monoisotopic (exact) mass is 500 g/mol. The van der Waals surface area contributed by atoms with Gasteiger partial charge in [-0.25, -0.2) is 0 Å². The Hall–Kier alpha value is -3.68. The Morgan fingerprint density at radius 3 is 2.41 bits per heavy atom. The highest BCUT2D eigenvalue weighted by Gasteiger charge is 2.23. The van der Waals surface area contributed by atoms with E-state index < -0.39 is 0 Å². The lowest BCUT2D eigenvalue weighted by molar-refractivity contribution is -0.126. The second-order valence-electron chi connectivity index (χ2n) is 9.37. The van der Waals surface area contributed by atoms with Crippen LogP contribution in [0.5, 0.6) is 11.5 Å². The van der Waals surface area contributed by atoms with Crippen molar-refractivity contribution in [3.05, 3.63) is 90.0 Å². The minimum absolute atomic E-state index is 0.0241. The van der Waals surface area contributed by atoms with Gasteiger partial charge in [0.15, 0.2) is 5.75 Å². The summed E-state index contributed by atoms with van der Waals surface area (Å²) >= 11 is 0. The topological polar surface area (TPSA) is 87.9 Å². The first-order valence-corrected chi connectivity index (χ1v) is 13.0. The lowest BCUT2D eigenvalue weighted by Gasteiger charge is -2.26. The van der Waals surface area contributed by atoms with Gasteiger partial charge in [-0.15, -0.1) is 0 Å². The smallest absolute Gasteiger partial charge is 0.227 e. The van der Waals surface area contributed by atoms with E-state index in [1.165, 1.54) is 0 Å². The van der Waals surface area contributed by atoms with E-state index in [1.54, 1.807) is 4.90 Å². The molecule has 1 atom stereocenters. The highest BCUT2D eigenvalue weighted by molar-refractivity contribution is 5.96. The van der Waals surface area contributed by atoms with Crippen LogP contribution in [-0.2, 0) is 22.7 Å². The van der Waals surface area contributed by atoms with Crippen molar-refractivity contribution in [2.24, 2.45) is 5.73 Å². The minimum Gasteiger partial charge on any atom is -0.455 e. The molecule has 0 radical (unpaired) electrons. The third-order valence-electron chi connectivity index (χ3n) is 6.63. The largest absolute Gasteiger partial charge is 0.455 e. The van der Waals surface area contributed by atoms with E-state index in [1.807, 2.05) is 85.8 Å². The molecule has 0 bridgehead atoms. The van der Waals surface area contributed by atoms with Crippen molar-refractivity contribution in [2.45, 2.75) is 51.9 Å². The zero-order chi connectivity index (χ0) is 26.0. The van der Waals surface area contributed by atoms with Crippen molar-refractivity contribution in [3.63, 3.8) is 0 Å². The van der Waals surface area contributed by atoms with Crippen LogP contribution >= 0.6 is 0 Å². The van der Waals surface area contributed by atoms with E-state index in [0.29, 0.717) is 30.3 Å². The number of hydrogen-bond donors (Lipinski definition) is 2. The van der Waals surface area contributed by atoms with Crippen LogP contribution in [0.1, 0.15) is 43.7 Å². The van der Waals surface area contributed by atoms with Crippen molar-refractivity contribution >= 4 is 17.5 Å². The molecule has 4 rings (SSSR count). The Morgan fingerprint density at radius 2 is 1.65 bits per heavy atom. The van der Waals surface area contributed by atoms with Crippen molar-refractivity contribution < 1.29 is 14.3 Å². The lowest BCUT2D eigenvalue weighted by Crippen LogP contribution is -2.45. The van der Waals surface area contributed by atoms with Gasteiger partial charge in [-0.1, -0.05) is 54.6 Å². The van der Waals surface area contributed by atoms with Crippen LogP contribution in [-0.4, -0.2) is 36.0 Å².